The third-order valence-electron chi connectivity index (χ3n) is 2.29. The van der Waals surface area contributed by atoms with E-state index >= 15 is 0 Å². The quantitative estimate of drug-likeness (QED) is 0.564. The van der Waals surface area contributed by atoms with E-state index in [9.17, 15) is 0 Å². The van der Waals surface area contributed by atoms with Crippen LogP contribution < -0.4 is 10.6 Å². The lowest BCUT2D eigenvalue weighted by Gasteiger charge is -2.25. The largest absolute Gasteiger partial charge is 0.388 e. The summed E-state index contributed by atoms with van der Waals surface area (Å²) in [5.74, 6) is 0. The van der Waals surface area contributed by atoms with Gasteiger partial charge in [-0.3, -0.25) is 0 Å². The van der Waals surface area contributed by atoms with Gasteiger partial charge in [-0.1, -0.05) is 0 Å². The number of allylic oxidation sites excluding steroid dienone is 1. The van der Waals surface area contributed by atoms with Crippen LogP contribution in [0.3, 0.4) is 0 Å². The van der Waals surface area contributed by atoms with Crippen molar-refractivity contribution in [3.63, 3.8) is 0 Å². The SMILES string of the molecule is CNC1CCNC(C)=C1C. The van der Waals surface area contributed by atoms with Gasteiger partial charge >= 0.3 is 0 Å². The highest BCUT2D eigenvalue weighted by atomic mass is 14.9. The average molecular weight is 140 g/mol. The van der Waals surface area contributed by atoms with E-state index in [0.717, 1.165) is 6.54 Å². The van der Waals surface area contributed by atoms with Gasteiger partial charge in [0.2, 0.25) is 0 Å². The van der Waals surface area contributed by atoms with Crippen LogP contribution >= 0.6 is 0 Å². The Kier molecular flexibility index (Phi) is 2.33. The van der Waals surface area contributed by atoms with Crippen LogP contribution in [0.15, 0.2) is 11.3 Å². The summed E-state index contributed by atoms with van der Waals surface area (Å²) in [6, 6.07) is 0.598. The zero-order chi connectivity index (χ0) is 7.56. The fourth-order valence-electron chi connectivity index (χ4n) is 1.38. The van der Waals surface area contributed by atoms with Crippen molar-refractivity contribution >= 4 is 0 Å². The molecule has 0 amide bonds. The summed E-state index contributed by atoms with van der Waals surface area (Å²) in [6.07, 6.45) is 1.21. The van der Waals surface area contributed by atoms with Crippen LogP contribution in [0.1, 0.15) is 20.3 Å². The lowest BCUT2D eigenvalue weighted by atomic mass is 10.0. The smallest absolute Gasteiger partial charge is 0.0310 e. The number of rotatable bonds is 1. The molecule has 2 N–H and O–H groups in total. The molecule has 1 heterocycles. The normalized spacial score (nSPS) is 26.5. The highest BCUT2D eigenvalue weighted by Crippen LogP contribution is 2.13. The fourth-order valence-corrected chi connectivity index (χ4v) is 1.38. The van der Waals surface area contributed by atoms with E-state index in [1.165, 1.54) is 17.7 Å². The number of hydrogen-bond acceptors (Lipinski definition) is 2. The fraction of sp³-hybridized carbons (Fsp3) is 0.750. The Morgan fingerprint density at radius 3 is 2.70 bits per heavy atom. The molecule has 0 aromatic rings. The summed E-state index contributed by atoms with van der Waals surface area (Å²) in [7, 11) is 2.02. The summed E-state index contributed by atoms with van der Waals surface area (Å²) in [6.45, 7) is 5.43. The molecule has 0 bridgehead atoms. The van der Waals surface area contributed by atoms with E-state index in [2.05, 4.69) is 24.5 Å². The number of likely N-dealkylation sites (N-methyl/N-ethyl adjacent to an activating group) is 1. The Bertz CT molecular complexity index is 149. The molecule has 2 nitrogen and oxygen atoms in total. The molecule has 58 valence electrons. The molecule has 1 rings (SSSR count). The Morgan fingerprint density at radius 1 is 1.50 bits per heavy atom. The molecule has 1 unspecified atom stereocenters. The van der Waals surface area contributed by atoms with Crippen molar-refractivity contribution in [3.8, 4) is 0 Å². The molecule has 0 aromatic carbocycles. The molecule has 2 heteroatoms. The van der Waals surface area contributed by atoms with Gasteiger partial charge in [0.25, 0.3) is 0 Å². The van der Waals surface area contributed by atoms with E-state index < -0.39 is 0 Å². The first kappa shape index (κ1) is 7.61. The molecule has 1 aliphatic heterocycles. The van der Waals surface area contributed by atoms with Crippen LogP contribution in [0.4, 0.5) is 0 Å². The molecule has 0 spiro atoms. The van der Waals surface area contributed by atoms with Gasteiger partial charge in [-0.05, 0) is 32.9 Å². The maximum atomic E-state index is 3.34. The average Bonchev–Trinajstić information content (AvgIpc) is 1.95. The van der Waals surface area contributed by atoms with Crippen molar-refractivity contribution < 1.29 is 0 Å². The number of nitrogens with one attached hydrogen (secondary N) is 2. The zero-order valence-electron chi connectivity index (χ0n) is 6.99. The third-order valence-corrected chi connectivity index (χ3v) is 2.29. The molecule has 1 aliphatic rings. The number of hydrogen-bond donors (Lipinski definition) is 2. The highest BCUT2D eigenvalue weighted by molar-refractivity contribution is 5.17. The van der Waals surface area contributed by atoms with Crippen LogP contribution in [0.25, 0.3) is 0 Å². The van der Waals surface area contributed by atoms with E-state index in [-0.39, 0.29) is 0 Å². The predicted molar refractivity (Wildman–Crippen MR) is 43.8 cm³/mol. The molecule has 0 saturated heterocycles. The van der Waals surface area contributed by atoms with E-state index in [1.54, 1.807) is 0 Å². The molecule has 0 radical (unpaired) electrons. The second kappa shape index (κ2) is 3.06. The molecule has 10 heavy (non-hydrogen) atoms. The van der Waals surface area contributed by atoms with E-state index in [0.29, 0.717) is 6.04 Å². The minimum Gasteiger partial charge on any atom is -0.388 e. The maximum Gasteiger partial charge on any atom is 0.0310 e. The van der Waals surface area contributed by atoms with Gasteiger partial charge < -0.3 is 10.6 Å². The third kappa shape index (κ3) is 1.32. The van der Waals surface area contributed by atoms with Gasteiger partial charge in [0.15, 0.2) is 0 Å². The van der Waals surface area contributed by atoms with Gasteiger partial charge in [0.05, 0.1) is 0 Å². The molecular formula is C8H16N2. The molecule has 1 atom stereocenters. The molecule has 0 saturated carbocycles. The lowest BCUT2D eigenvalue weighted by Crippen LogP contribution is -2.36. The van der Waals surface area contributed by atoms with Crippen molar-refractivity contribution in [1.29, 1.82) is 0 Å². The summed E-state index contributed by atoms with van der Waals surface area (Å²) >= 11 is 0. The van der Waals surface area contributed by atoms with Crippen LogP contribution in [0.2, 0.25) is 0 Å². The zero-order valence-corrected chi connectivity index (χ0v) is 6.99. The van der Waals surface area contributed by atoms with Crippen molar-refractivity contribution in [2.45, 2.75) is 26.3 Å². The summed E-state index contributed by atoms with van der Waals surface area (Å²) in [5, 5.41) is 6.62. The molecule has 0 aromatic heterocycles. The summed E-state index contributed by atoms with van der Waals surface area (Å²) in [4.78, 5) is 0. The van der Waals surface area contributed by atoms with Crippen LogP contribution in [-0.4, -0.2) is 19.6 Å². The standard InChI is InChI=1S/C8H16N2/c1-6-7(2)10-5-4-8(6)9-3/h8-10H,4-5H2,1-3H3. The summed E-state index contributed by atoms with van der Waals surface area (Å²) < 4.78 is 0. The Balaban J connectivity index is 2.68. The minimum absolute atomic E-state index is 0.598. The van der Waals surface area contributed by atoms with Crippen LogP contribution in [0.5, 0.6) is 0 Å². The Hall–Kier alpha value is -0.500. The van der Waals surface area contributed by atoms with Crippen molar-refractivity contribution in [3.05, 3.63) is 11.3 Å². The topological polar surface area (TPSA) is 24.1 Å². The summed E-state index contributed by atoms with van der Waals surface area (Å²) in [5.41, 5.74) is 2.79. The van der Waals surface area contributed by atoms with Crippen LogP contribution in [-0.2, 0) is 0 Å². The van der Waals surface area contributed by atoms with Crippen molar-refractivity contribution in [1.82, 2.24) is 10.6 Å². The van der Waals surface area contributed by atoms with E-state index in [1.807, 2.05) is 7.05 Å². The van der Waals surface area contributed by atoms with Gasteiger partial charge in [0, 0.05) is 18.3 Å². The van der Waals surface area contributed by atoms with Crippen LogP contribution in [0, 0.1) is 0 Å². The van der Waals surface area contributed by atoms with E-state index in [4.69, 9.17) is 0 Å². The van der Waals surface area contributed by atoms with Gasteiger partial charge in [0.1, 0.15) is 0 Å². The van der Waals surface area contributed by atoms with Crippen molar-refractivity contribution in [2.24, 2.45) is 0 Å². The molecule has 0 fully saturated rings. The first-order valence-corrected chi connectivity index (χ1v) is 3.84. The monoisotopic (exact) mass is 140 g/mol. The van der Waals surface area contributed by atoms with Gasteiger partial charge in [-0.15, -0.1) is 0 Å². The highest BCUT2D eigenvalue weighted by Gasteiger charge is 2.14. The second-order valence-electron chi connectivity index (χ2n) is 2.86. The minimum atomic E-state index is 0.598. The second-order valence-corrected chi connectivity index (χ2v) is 2.86. The Labute approximate surface area is 62.7 Å². The van der Waals surface area contributed by atoms with Gasteiger partial charge in [-0.25, -0.2) is 0 Å². The molecular weight excluding hydrogens is 124 g/mol. The van der Waals surface area contributed by atoms with Gasteiger partial charge in [-0.2, -0.15) is 0 Å². The Morgan fingerprint density at radius 2 is 2.20 bits per heavy atom. The van der Waals surface area contributed by atoms with Crippen molar-refractivity contribution in [2.75, 3.05) is 13.6 Å². The maximum absolute atomic E-state index is 3.34. The molecule has 0 aliphatic carbocycles. The first-order valence-electron chi connectivity index (χ1n) is 3.84. The predicted octanol–water partition coefficient (Wildman–Crippen LogP) is 0.862. The first-order chi connectivity index (χ1) is 4.75. The lowest BCUT2D eigenvalue weighted by molar-refractivity contribution is 0.527.